The number of rotatable bonds is 9. The summed E-state index contributed by atoms with van der Waals surface area (Å²) in [5.41, 5.74) is 6.82. The summed E-state index contributed by atoms with van der Waals surface area (Å²) in [7, 11) is 1.63. The number of nitrogens with two attached hydrogens (primary N) is 1. The van der Waals surface area contributed by atoms with Crippen molar-refractivity contribution < 1.29 is 19.0 Å². The molecule has 2 aliphatic rings. The quantitative estimate of drug-likeness (QED) is 0.480. The standard InChI is InChI=1S/C20H30N4O4/c1-26-12-13-27-15-28-17-5-2-16(3-6-17)4-7-18(25)24-10-8-20(9-11-24)14-22-19(21)23-20/h2-3,5-6H,4,7-15H2,1H3,(H3,21,22,23). The van der Waals surface area contributed by atoms with E-state index in [2.05, 4.69) is 10.3 Å². The van der Waals surface area contributed by atoms with Crippen LogP contribution >= 0.6 is 0 Å². The molecular weight excluding hydrogens is 360 g/mol. The Balaban J connectivity index is 1.35. The van der Waals surface area contributed by atoms with E-state index in [9.17, 15) is 4.79 Å². The van der Waals surface area contributed by atoms with Gasteiger partial charge in [0.15, 0.2) is 12.8 Å². The molecule has 1 saturated heterocycles. The number of piperidine rings is 1. The predicted molar refractivity (Wildman–Crippen MR) is 106 cm³/mol. The fraction of sp³-hybridized carbons (Fsp3) is 0.600. The number of aliphatic imine (C=N–C) groups is 1. The van der Waals surface area contributed by atoms with E-state index in [1.165, 1.54) is 0 Å². The van der Waals surface area contributed by atoms with Crippen molar-refractivity contribution in [3.05, 3.63) is 29.8 Å². The molecule has 2 aliphatic heterocycles. The number of carbonyl (C=O) groups excluding carboxylic acids is 1. The summed E-state index contributed by atoms with van der Waals surface area (Å²) in [4.78, 5) is 18.7. The monoisotopic (exact) mass is 390 g/mol. The molecule has 1 amide bonds. The van der Waals surface area contributed by atoms with Crippen molar-refractivity contribution >= 4 is 11.9 Å². The second-order valence-electron chi connectivity index (χ2n) is 7.29. The van der Waals surface area contributed by atoms with E-state index in [1.807, 2.05) is 29.2 Å². The number of guanidine groups is 1. The van der Waals surface area contributed by atoms with Crippen LogP contribution in [-0.4, -0.2) is 69.1 Å². The Bertz CT molecular complexity index is 669. The van der Waals surface area contributed by atoms with Gasteiger partial charge < -0.3 is 30.2 Å². The second kappa shape index (κ2) is 9.75. The summed E-state index contributed by atoms with van der Waals surface area (Å²) >= 11 is 0. The van der Waals surface area contributed by atoms with Crippen molar-refractivity contribution in [3.63, 3.8) is 0 Å². The number of nitrogens with one attached hydrogen (secondary N) is 1. The van der Waals surface area contributed by atoms with Gasteiger partial charge in [0, 0.05) is 26.6 Å². The lowest BCUT2D eigenvalue weighted by Crippen LogP contribution is -2.55. The number of nitrogens with zero attached hydrogens (tertiary/aromatic N) is 2. The fourth-order valence-corrected chi connectivity index (χ4v) is 3.53. The highest BCUT2D eigenvalue weighted by molar-refractivity contribution is 5.81. The molecule has 3 rings (SSSR count). The van der Waals surface area contributed by atoms with Gasteiger partial charge in [-0.3, -0.25) is 9.79 Å². The van der Waals surface area contributed by atoms with Crippen LogP contribution in [-0.2, 0) is 20.7 Å². The average molecular weight is 390 g/mol. The van der Waals surface area contributed by atoms with Gasteiger partial charge in [0.25, 0.3) is 0 Å². The Morgan fingerprint density at radius 3 is 2.64 bits per heavy atom. The molecule has 0 atom stereocenters. The molecule has 0 aliphatic carbocycles. The van der Waals surface area contributed by atoms with Crippen LogP contribution in [0.25, 0.3) is 0 Å². The topological polar surface area (TPSA) is 98.4 Å². The zero-order chi connectivity index (χ0) is 19.8. The largest absolute Gasteiger partial charge is 0.468 e. The molecule has 3 N–H and O–H groups in total. The van der Waals surface area contributed by atoms with E-state index in [0.29, 0.717) is 32.1 Å². The fourth-order valence-electron chi connectivity index (χ4n) is 3.53. The Morgan fingerprint density at radius 1 is 1.25 bits per heavy atom. The van der Waals surface area contributed by atoms with Crippen LogP contribution < -0.4 is 15.8 Å². The van der Waals surface area contributed by atoms with Crippen LogP contribution in [0, 0.1) is 0 Å². The zero-order valence-corrected chi connectivity index (χ0v) is 16.5. The minimum Gasteiger partial charge on any atom is -0.468 e. The van der Waals surface area contributed by atoms with Crippen molar-refractivity contribution in [1.29, 1.82) is 0 Å². The summed E-state index contributed by atoms with van der Waals surface area (Å²) in [5.74, 6) is 1.47. The third-order valence-electron chi connectivity index (χ3n) is 5.31. The van der Waals surface area contributed by atoms with Gasteiger partial charge in [-0.05, 0) is 37.0 Å². The lowest BCUT2D eigenvalue weighted by molar-refractivity contribution is -0.132. The minimum absolute atomic E-state index is 0.0377. The number of ether oxygens (including phenoxy) is 3. The molecule has 0 radical (unpaired) electrons. The van der Waals surface area contributed by atoms with Gasteiger partial charge in [-0.15, -0.1) is 0 Å². The van der Waals surface area contributed by atoms with E-state index in [1.54, 1.807) is 7.11 Å². The smallest absolute Gasteiger partial charge is 0.222 e. The summed E-state index contributed by atoms with van der Waals surface area (Å²) in [6.45, 7) is 3.47. The van der Waals surface area contributed by atoms with Crippen LogP contribution in [0.15, 0.2) is 29.3 Å². The second-order valence-corrected chi connectivity index (χ2v) is 7.29. The van der Waals surface area contributed by atoms with Crippen LogP contribution in [0.4, 0.5) is 0 Å². The van der Waals surface area contributed by atoms with Gasteiger partial charge in [-0.25, -0.2) is 0 Å². The minimum atomic E-state index is -0.0377. The first-order chi connectivity index (χ1) is 13.6. The first-order valence-corrected chi connectivity index (χ1v) is 9.74. The first-order valence-electron chi connectivity index (χ1n) is 9.74. The van der Waals surface area contributed by atoms with Crippen LogP contribution in [0.2, 0.25) is 0 Å². The van der Waals surface area contributed by atoms with Gasteiger partial charge in [0.05, 0.1) is 25.3 Å². The van der Waals surface area contributed by atoms with E-state index in [-0.39, 0.29) is 18.2 Å². The van der Waals surface area contributed by atoms with E-state index < -0.39 is 0 Å². The van der Waals surface area contributed by atoms with Crippen LogP contribution in [0.3, 0.4) is 0 Å². The van der Waals surface area contributed by atoms with Crippen molar-refractivity contribution in [2.75, 3.05) is 46.8 Å². The van der Waals surface area contributed by atoms with Gasteiger partial charge in [0.2, 0.25) is 5.91 Å². The maximum Gasteiger partial charge on any atom is 0.222 e. The maximum atomic E-state index is 12.5. The molecule has 0 aromatic heterocycles. The number of carbonyl (C=O) groups is 1. The maximum absolute atomic E-state index is 12.5. The lowest BCUT2D eigenvalue weighted by atomic mass is 9.88. The molecule has 154 valence electrons. The molecule has 1 aromatic carbocycles. The number of methoxy groups -OCH3 is 1. The summed E-state index contributed by atoms with van der Waals surface area (Å²) < 4.78 is 15.7. The van der Waals surface area contributed by atoms with Crippen molar-refractivity contribution in [1.82, 2.24) is 10.2 Å². The number of hydrogen-bond donors (Lipinski definition) is 2. The average Bonchev–Trinajstić information content (AvgIpc) is 3.07. The van der Waals surface area contributed by atoms with E-state index >= 15 is 0 Å². The highest BCUT2D eigenvalue weighted by atomic mass is 16.7. The normalized spacial score (nSPS) is 18.0. The first kappa shape index (κ1) is 20.4. The van der Waals surface area contributed by atoms with Gasteiger partial charge in [-0.2, -0.15) is 0 Å². The third kappa shape index (κ3) is 5.59. The zero-order valence-electron chi connectivity index (χ0n) is 16.5. The molecule has 8 nitrogen and oxygen atoms in total. The molecule has 1 spiro atoms. The highest BCUT2D eigenvalue weighted by Crippen LogP contribution is 2.26. The Morgan fingerprint density at radius 2 is 2.00 bits per heavy atom. The molecule has 0 unspecified atom stereocenters. The molecule has 0 bridgehead atoms. The molecule has 1 aromatic rings. The van der Waals surface area contributed by atoms with Gasteiger partial charge >= 0.3 is 0 Å². The number of benzene rings is 1. The number of amides is 1. The molecule has 28 heavy (non-hydrogen) atoms. The molecule has 1 fully saturated rings. The summed E-state index contributed by atoms with van der Waals surface area (Å²) in [6.07, 6.45) is 3.02. The van der Waals surface area contributed by atoms with E-state index in [0.717, 1.165) is 43.7 Å². The summed E-state index contributed by atoms with van der Waals surface area (Å²) in [5, 5.41) is 3.28. The Hall–Kier alpha value is -2.32. The molecule has 0 saturated carbocycles. The van der Waals surface area contributed by atoms with Crippen LogP contribution in [0.1, 0.15) is 24.8 Å². The molecule has 8 heteroatoms. The van der Waals surface area contributed by atoms with Gasteiger partial charge in [-0.1, -0.05) is 12.1 Å². The van der Waals surface area contributed by atoms with Crippen molar-refractivity contribution in [3.8, 4) is 5.75 Å². The van der Waals surface area contributed by atoms with Crippen molar-refractivity contribution in [2.24, 2.45) is 10.7 Å². The van der Waals surface area contributed by atoms with Crippen LogP contribution in [0.5, 0.6) is 5.75 Å². The number of hydrogen-bond acceptors (Lipinski definition) is 7. The van der Waals surface area contributed by atoms with Crippen molar-refractivity contribution in [2.45, 2.75) is 31.2 Å². The Kier molecular flexibility index (Phi) is 7.11. The molecular formula is C20H30N4O4. The molecule has 2 heterocycles. The van der Waals surface area contributed by atoms with E-state index in [4.69, 9.17) is 19.9 Å². The number of likely N-dealkylation sites (tertiary alicyclic amines) is 1. The lowest BCUT2D eigenvalue weighted by Gasteiger charge is -2.39. The van der Waals surface area contributed by atoms with Gasteiger partial charge in [0.1, 0.15) is 5.75 Å². The SMILES string of the molecule is COCCOCOc1ccc(CCC(=O)N2CCC3(CC2)CN=C(N)N3)cc1. The predicted octanol–water partition coefficient (Wildman–Crippen LogP) is 0.898. The number of aryl methyl sites for hydroxylation is 1. The Labute approximate surface area is 166 Å². The summed E-state index contributed by atoms with van der Waals surface area (Å²) in [6, 6.07) is 7.79. The highest BCUT2D eigenvalue weighted by Gasteiger charge is 2.38. The third-order valence-corrected chi connectivity index (χ3v) is 5.31.